The van der Waals surface area contributed by atoms with Crippen LogP contribution in [0.25, 0.3) is 59.8 Å². The quantitative estimate of drug-likeness (QED) is 0.247. The van der Waals surface area contributed by atoms with E-state index in [0.29, 0.717) is 5.56 Å². The van der Waals surface area contributed by atoms with Crippen LogP contribution in [0.2, 0.25) is 0 Å². The van der Waals surface area contributed by atoms with Gasteiger partial charge in [0.2, 0.25) is 0 Å². The first-order valence-electron chi connectivity index (χ1n) is 11.1. The number of para-hydroxylation sites is 1. The highest BCUT2D eigenvalue weighted by atomic mass is 15.0. The lowest BCUT2D eigenvalue weighted by atomic mass is 9.94. The van der Waals surface area contributed by atoms with Gasteiger partial charge in [0, 0.05) is 16.5 Å². The van der Waals surface area contributed by atoms with Crippen LogP contribution >= 0.6 is 0 Å². The maximum Gasteiger partial charge on any atom is 0.0992 e. The number of rotatable bonds is 1. The molecule has 0 spiro atoms. The van der Waals surface area contributed by atoms with Crippen LogP contribution in [-0.4, -0.2) is 4.57 Å². The zero-order chi connectivity index (χ0) is 21.9. The van der Waals surface area contributed by atoms with Crippen molar-refractivity contribution in [2.45, 2.75) is 0 Å². The third kappa shape index (κ3) is 2.48. The van der Waals surface area contributed by atoms with E-state index in [0.717, 1.165) is 22.1 Å². The number of hydrogen-bond donors (Lipinski definition) is 0. The van der Waals surface area contributed by atoms with E-state index in [4.69, 9.17) is 0 Å². The molecule has 7 aromatic rings. The maximum atomic E-state index is 9.53. The molecule has 2 heteroatoms. The smallest absolute Gasteiger partial charge is 0.0992 e. The Kier molecular flexibility index (Phi) is 3.65. The molecule has 1 heterocycles. The van der Waals surface area contributed by atoms with Gasteiger partial charge < -0.3 is 4.57 Å². The standard InChI is InChI=1S/C31H18N2/c32-19-20-13-15-28-27-11-5-6-12-30(27)33(31(28)17-20)21-14-16-26-24-9-2-1-7-22(24)23-8-3-4-10-25(23)29(26)18-21/h1-18H. The summed E-state index contributed by atoms with van der Waals surface area (Å²) in [5.41, 5.74) is 3.97. The molecule has 33 heavy (non-hydrogen) atoms. The Labute approximate surface area is 190 Å². The molecule has 0 fully saturated rings. The minimum absolute atomic E-state index is 0.670. The van der Waals surface area contributed by atoms with Crippen molar-refractivity contribution in [3.05, 3.63) is 115 Å². The van der Waals surface area contributed by atoms with Crippen LogP contribution in [0, 0.1) is 11.3 Å². The van der Waals surface area contributed by atoms with Crippen molar-refractivity contribution in [2.75, 3.05) is 0 Å². The van der Waals surface area contributed by atoms with Crippen LogP contribution in [0.15, 0.2) is 109 Å². The van der Waals surface area contributed by atoms with E-state index in [9.17, 15) is 5.26 Å². The molecule has 0 aliphatic rings. The molecule has 152 valence electrons. The third-order valence-electron chi connectivity index (χ3n) is 6.79. The summed E-state index contributed by atoms with van der Waals surface area (Å²) in [5, 5.41) is 19.5. The molecule has 0 atom stereocenters. The topological polar surface area (TPSA) is 28.7 Å². The van der Waals surface area contributed by atoms with Gasteiger partial charge in [-0.3, -0.25) is 0 Å². The highest BCUT2D eigenvalue weighted by Crippen LogP contribution is 2.38. The van der Waals surface area contributed by atoms with E-state index >= 15 is 0 Å². The Morgan fingerprint density at radius 3 is 1.64 bits per heavy atom. The Hall–Kier alpha value is -4.61. The van der Waals surface area contributed by atoms with Gasteiger partial charge in [-0.1, -0.05) is 78.9 Å². The molecule has 0 saturated heterocycles. The fourth-order valence-electron chi connectivity index (χ4n) is 5.35. The second-order valence-corrected chi connectivity index (χ2v) is 8.52. The first kappa shape index (κ1) is 18.0. The van der Waals surface area contributed by atoms with Crippen LogP contribution < -0.4 is 0 Å². The van der Waals surface area contributed by atoms with Crippen molar-refractivity contribution in [2.24, 2.45) is 0 Å². The van der Waals surface area contributed by atoms with Crippen molar-refractivity contribution in [3.8, 4) is 11.8 Å². The van der Waals surface area contributed by atoms with E-state index in [-0.39, 0.29) is 0 Å². The molecule has 0 radical (unpaired) electrons. The van der Waals surface area contributed by atoms with Gasteiger partial charge in [-0.25, -0.2) is 0 Å². The average molecular weight is 418 g/mol. The van der Waals surface area contributed by atoms with Gasteiger partial charge in [-0.15, -0.1) is 0 Å². The molecule has 0 unspecified atom stereocenters. The number of aromatic nitrogens is 1. The van der Waals surface area contributed by atoms with E-state index in [1.54, 1.807) is 0 Å². The minimum atomic E-state index is 0.670. The van der Waals surface area contributed by atoms with Crippen molar-refractivity contribution in [1.29, 1.82) is 5.26 Å². The molecule has 7 rings (SSSR count). The molecule has 0 aliphatic carbocycles. The Morgan fingerprint density at radius 2 is 0.970 bits per heavy atom. The highest BCUT2D eigenvalue weighted by molar-refractivity contribution is 6.25. The van der Waals surface area contributed by atoms with E-state index in [1.807, 2.05) is 12.1 Å². The molecule has 6 aromatic carbocycles. The van der Waals surface area contributed by atoms with Gasteiger partial charge in [0.05, 0.1) is 22.7 Å². The average Bonchev–Trinajstić information content (AvgIpc) is 3.22. The molecule has 0 amide bonds. The lowest BCUT2D eigenvalue weighted by Crippen LogP contribution is -1.94. The van der Waals surface area contributed by atoms with Crippen molar-refractivity contribution in [3.63, 3.8) is 0 Å². The van der Waals surface area contributed by atoms with E-state index < -0.39 is 0 Å². The molecule has 0 bridgehead atoms. The number of hydrogen-bond acceptors (Lipinski definition) is 1. The zero-order valence-electron chi connectivity index (χ0n) is 17.8. The van der Waals surface area contributed by atoms with Gasteiger partial charge in [0.1, 0.15) is 0 Å². The van der Waals surface area contributed by atoms with Crippen LogP contribution in [0.4, 0.5) is 0 Å². The third-order valence-corrected chi connectivity index (χ3v) is 6.79. The monoisotopic (exact) mass is 418 g/mol. The SMILES string of the molecule is N#Cc1ccc2c3ccccc3n(-c3ccc4c5ccccc5c5ccccc5c4c3)c2c1. The van der Waals surface area contributed by atoms with Gasteiger partial charge in [0.25, 0.3) is 0 Å². The molecule has 2 nitrogen and oxygen atoms in total. The summed E-state index contributed by atoms with van der Waals surface area (Å²) in [6.45, 7) is 0. The second kappa shape index (κ2) is 6.69. The largest absolute Gasteiger partial charge is 0.309 e. The summed E-state index contributed by atoms with van der Waals surface area (Å²) in [6.07, 6.45) is 0. The number of fused-ring (bicyclic) bond motifs is 9. The first-order valence-corrected chi connectivity index (χ1v) is 11.1. The number of nitrogens with zero attached hydrogens (tertiary/aromatic N) is 2. The highest BCUT2D eigenvalue weighted by Gasteiger charge is 2.14. The molecular formula is C31H18N2. The van der Waals surface area contributed by atoms with Gasteiger partial charge in [-0.05, 0) is 62.6 Å². The maximum absolute atomic E-state index is 9.53. The van der Waals surface area contributed by atoms with Gasteiger partial charge in [0.15, 0.2) is 0 Å². The summed E-state index contributed by atoms with van der Waals surface area (Å²) in [7, 11) is 0. The summed E-state index contributed by atoms with van der Waals surface area (Å²) >= 11 is 0. The van der Waals surface area contributed by atoms with Gasteiger partial charge in [-0.2, -0.15) is 5.26 Å². The molecule has 0 saturated carbocycles. The fourth-order valence-corrected chi connectivity index (χ4v) is 5.35. The molecular weight excluding hydrogens is 400 g/mol. The first-order chi connectivity index (χ1) is 16.3. The predicted molar refractivity (Wildman–Crippen MR) is 138 cm³/mol. The molecule has 1 aromatic heterocycles. The summed E-state index contributed by atoms with van der Waals surface area (Å²) in [4.78, 5) is 0. The lowest BCUT2D eigenvalue weighted by molar-refractivity contribution is 1.19. The molecule has 0 aliphatic heterocycles. The fraction of sp³-hybridized carbons (Fsp3) is 0. The summed E-state index contributed by atoms with van der Waals surface area (Å²) in [5.74, 6) is 0. The van der Waals surface area contributed by atoms with E-state index in [1.165, 1.54) is 37.7 Å². The van der Waals surface area contributed by atoms with Crippen LogP contribution in [0.3, 0.4) is 0 Å². The Morgan fingerprint density at radius 1 is 0.455 bits per heavy atom. The molecule has 0 N–H and O–H groups in total. The lowest BCUT2D eigenvalue weighted by Gasteiger charge is -2.13. The Bertz CT molecular complexity index is 1900. The van der Waals surface area contributed by atoms with Crippen molar-refractivity contribution < 1.29 is 0 Å². The Balaban J connectivity index is 1.65. The van der Waals surface area contributed by atoms with Crippen molar-refractivity contribution >= 4 is 54.1 Å². The predicted octanol–water partition coefficient (Wildman–Crippen LogP) is 8.11. The minimum Gasteiger partial charge on any atom is -0.309 e. The second-order valence-electron chi connectivity index (χ2n) is 8.52. The van der Waals surface area contributed by atoms with E-state index in [2.05, 4.69) is 108 Å². The zero-order valence-corrected chi connectivity index (χ0v) is 17.8. The van der Waals surface area contributed by atoms with Gasteiger partial charge >= 0.3 is 0 Å². The van der Waals surface area contributed by atoms with Crippen molar-refractivity contribution in [1.82, 2.24) is 4.57 Å². The van der Waals surface area contributed by atoms with Crippen LogP contribution in [0.1, 0.15) is 5.56 Å². The normalized spacial score (nSPS) is 11.6. The summed E-state index contributed by atoms with van der Waals surface area (Å²) < 4.78 is 2.29. The number of benzene rings is 6. The van der Waals surface area contributed by atoms with Crippen LogP contribution in [-0.2, 0) is 0 Å². The van der Waals surface area contributed by atoms with Crippen LogP contribution in [0.5, 0.6) is 0 Å². The number of nitriles is 1. The summed E-state index contributed by atoms with van der Waals surface area (Å²) in [6, 6.07) is 40.8.